The van der Waals surface area contributed by atoms with E-state index < -0.39 is 5.97 Å². The van der Waals surface area contributed by atoms with Gasteiger partial charge in [0.2, 0.25) is 5.88 Å². The number of aromatic amines is 1. The fraction of sp³-hybridized carbons (Fsp3) is 0.462. The average molecular weight is 469 g/mol. The highest BCUT2D eigenvalue weighted by molar-refractivity contribution is 5.85. The minimum atomic E-state index is -0.798. The van der Waals surface area contributed by atoms with Crippen molar-refractivity contribution in [2.24, 2.45) is 0 Å². The second kappa shape index (κ2) is 11.0. The number of nitrogens with one attached hydrogen (secondary N) is 1. The molecule has 8 heteroatoms. The fourth-order valence-electron chi connectivity index (χ4n) is 4.84. The Kier molecular flexibility index (Phi) is 7.80. The summed E-state index contributed by atoms with van der Waals surface area (Å²) in [5.41, 5.74) is 5.51. The smallest absolute Gasteiger partial charge is 0.304 e. The molecule has 1 aromatic carbocycles. The Balaban J connectivity index is 1.63. The van der Waals surface area contributed by atoms with Crippen LogP contribution in [0.15, 0.2) is 36.5 Å². The molecule has 0 amide bonds. The molecule has 0 aliphatic carbocycles. The predicted octanol–water partition coefficient (Wildman–Crippen LogP) is 3.96. The van der Waals surface area contributed by atoms with Crippen LogP contribution in [-0.2, 0) is 11.2 Å². The zero-order chi connectivity index (χ0) is 24.1. The lowest BCUT2D eigenvalue weighted by Crippen LogP contribution is -2.38. The lowest BCUT2D eigenvalue weighted by Gasteiger charge is -2.36. The molecule has 3 heterocycles. The molecule has 1 atom stereocenters. The van der Waals surface area contributed by atoms with Crippen molar-refractivity contribution in [3.8, 4) is 5.88 Å². The van der Waals surface area contributed by atoms with Crippen LogP contribution in [0.1, 0.15) is 41.3 Å². The normalized spacial score (nSPS) is 16.2. The first-order chi connectivity index (χ1) is 16.5. The summed E-state index contributed by atoms with van der Waals surface area (Å²) in [7, 11) is 1.95. The van der Waals surface area contributed by atoms with Crippen LogP contribution in [0.3, 0.4) is 0 Å². The summed E-state index contributed by atoms with van der Waals surface area (Å²) < 4.78 is 18.4. The molecule has 0 saturated carbocycles. The molecule has 0 bridgehead atoms. The quantitative estimate of drug-likeness (QED) is 0.443. The molecule has 1 aliphatic heterocycles. The van der Waals surface area contributed by atoms with Gasteiger partial charge in [0.05, 0.1) is 19.1 Å². The molecule has 2 aromatic heterocycles. The molecule has 3 aromatic rings. The molecule has 0 radical (unpaired) electrons. The van der Waals surface area contributed by atoms with Gasteiger partial charge in [-0.15, -0.1) is 0 Å². The molecule has 34 heavy (non-hydrogen) atoms. The van der Waals surface area contributed by atoms with Crippen molar-refractivity contribution >= 4 is 16.9 Å². The molecule has 4 rings (SSSR count). The number of fused-ring (bicyclic) bond motifs is 3. The number of carboxylic acids is 1. The minimum absolute atomic E-state index is 0.0881. The zero-order valence-electron chi connectivity index (χ0n) is 19.9. The van der Waals surface area contributed by atoms with Gasteiger partial charge in [-0.25, -0.2) is 4.98 Å². The van der Waals surface area contributed by atoms with Crippen molar-refractivity contribution in [1.29, 1.82) is 0 Å². The fourth-order valence-corrected chi connectivity index (χ4v) is 4.84. The Labute approximate surface area is 199 Å². The number of likely N-dealkylation sites (N-methyl/N-ethyl adjacent to an activating group) is 1. The summed E-state index contributed by atoms with van der Waals surface area (Å²) in [5.74, 6) is -0.216. The highest BCUT2D eigenvalue weighted by Crippen LogP contribution is 2.40. The van der Waals surface area contributed by atoms with Gasteiger partial charge >= 0.3 is 5.97 Å². The number of rotatable bonds is 11. The highest BCUT2D eigenvalue weighted by Gasteiger charge is 2.33. The number of pyridine rings is 1. The predicted molar refractivity (Wildman–Crippen MR) is 130 cm³/mol. The molecule has 182 valence electrons. The van der Waals surface area contributed by atoms with Crippen molar-refractivity contribution in [2.75, 3.05) is 46.5 Å². The first-order valence-electron chi connectivity index (χ1n) is 11.9. The third-order valence-corrected chi connectivity index (χ3v) is 6.63. The van der Waals surface area contributed by atoms with Gasteiger partial charge < -0.3 is 19.7 Å². The van der Waals surface area contributed by atoms with Gasteiger partial charge in [-0.1, -0.05) is 18.2 Å². The Morgan fingerprint density at radius 1 is 1.32 bits per heavy atom. The number of carbonyl (C=O) groups is 1. The Bertz CT molecular complexity index is 1130. The van der Waals surface area contributed by atoms with E-state index in [1.807, 2.05) is 31.0 Å². The van der Waals surface area contributed by atoms with Gasteiger partial charge in [-0.05, 0) is 50.1 Å². The number of H-pyrrole nitrogens is 1. The molecule has 7 nitrogen and oxygen atoms in total. The van der Waals surface area contributed by atoms with Crippen LogP contribution in [0, 0.1) is 6.92 Å². The van der Waals surface area contributed by atoms with Gasteiger partial charge in [0.15, 0.2) is 0 Å². The second-order valence-electron chi connectivity index (χ2n) is 8.92. The molecular weight excluding hydrogens is 435 g/mol. The highest BCUT2D eigenvalue weighted by atomic mass is 19.1. The van der Waals surface area contributed by atoms with Gasteiger partial charge in [0.1, 0.15) is 6.61 Å². The van der Waals surface area contributed by atoms with E-state index in [2.05, 4.69) is 33.1 Å². The lowest BCUT2D eigenvalue weighted by molar-refractivity contribution is -0.137. The first-order valence-corrected chi connectivity index (χ1v) is 11.9. The summed E-state index contributed by atoms with van der Waals surface area (Å²) in [6.45, 7) is 4.78. The molecule has 0 spiro atoms. The van der Waals surface area contributed by atoms with E-state index in [9.17, 15) is 14.3 Å². The minimum Gasteiger partial charge on any atom is -0.481 e. The summed E-state index contributed by atoms with van der Waals surface area (Å²) in [5, 5.41) is 10.5. The maximum absolute atomic E-state index is 12.4. The monoisotopic (exact) mass is 468 g/mol. The molecule has 0 fully saturated rings. The number of hydrogen-bond acceptors (Lipinski definition) is 5. The van der Waals surface area contributed by atoms with E-state index in [1.165, 1.54) is 10.9 Å². The largest absolute Gasteiger partial charge is 0.481 e. The Morgan fingerprint density at radius 2 is 2.15 bits per heavy atom. The van der Waals surface area contributed by atoms with Crippen molar-refractivity contribution < 1.29 is 19.0 Å². The number of aromatic nitrogens is 2. The van der Waals surface area contributed by atoms with Crippen LogP contribution in [-0.4, -0.2) is 77.4 Å². The van der Waals surface area contributed by atoms with Crippen LogP contribution in [0.5, 0.6) is 5.88 Å². The maximum Gasteiger partial charge on any atom is 0.304 e. The van der Waals surface area contributed by atoms with E-state index in [0.717, 1.165) is 35.3 Å². The zero-order valence-corrected chi connectivity index (χ0v) is 19.9. The number of ether oxygens (including phenoxy) is 1. The summed E-state index contributed by atoms with van der Waals surface area (Å²) >= 11 is 0. The number of halogens is 1. The van der Waals surface area contributed by atoms with Gasteiger partial charge in [-0.3, -0.25) is 14.1 Å². The topological polar surface area (TPSA) is 81.7 Å². The average Bonchev–Trinajstić information content (AvgIpc) is 3.21. The molecule has 0 saturated heterocycles. The van der Waals surface area contributed by atoms with Crippen molar-refractivity contribution in [3.63, 3.8) is 0 Å². The van der Waals surface area contributed by atoms with Crippen LogP contribution in [0.4, 0.5) is 4.39 Å². The maximum atomic E-state index is 12.4. The number of hydrogen-bond donors (Lipinski definition) is 2. The number of aliphatic carboxylic acids is 1. The van der Waals surface area contributed by atoms with E-state index in [1.54, 1.807) is 6.20 Å². The van der Waals surface area contributed by atoms with E-state index >= 15 is 0 Å². The van der Waals surface area contributed by atoms with Crippen LogP contribution in [0.25, 0.3) is 10.9 Å². The van der Waals surface area contributed by atoms with Crippen LogP contribution >= 0.6 is 0 Å². The number of alkyl halides is 1. The van der Waals surface area contributed by atoms with E-state index in [-0.39, 0.29) is 19.1 Å². The lowest BCUT2D eigenvalue weighted by atomic mass is 9.90. The standard InChI is InChI=1S/C26H33FN4O3/c1-18-19(8-12-28-26(18)34-17-16-30(2)13-5-11-27)25-24-21(9-14-31(25)15-10-23(32)33)20-6-3-4-7-22(20)29-24/h3-4,6-8,12,25,29H,5,9-11,13-17H2,1-2H3,(H,32,33). The van der Waals surface area contributed by atoms with E-state index in [0.29, 0.717) is 38.5 Å². The van der Waals surface area contributed by atoms with Crippen LogP contribution < -0.4 is 4.74 Å². The molecule has 1 aliphatic rings. The van der Waals surface area contributed by atoms with Crippen LogP contribution in [0.2, 0.25) is 0 Å². The number of para-hydroxylation sites is 1. The number of carboxylic acid groups (broad SMARTS) is 1. The Hall–Kier alpha value is -2.97. The van der Waals surface area contributed by atoms with E-state index in [4.69, 9.17) is 4.74 Å². The number of benzene rings is 1. The van der Waals surface area contributed by atoms with Crippen molar-refractivity contribution in [2.45, 2.75) is 32.2 Å². The third-order valence-electron chi connectivity index (χ3n) is 6.63. The number of nitrogens with zero attached hydrogens (tertiary/aromatic N) is 3. The molecular formula is C26H33FN4O3. The second-order valence-corrected chi connectivity index (χ2v) is 8.92. The van der Waals surface area contributed by atoms with Gasteiger partial charge in [-0.2, -0.15) is 0 Å². The van der Waals surface area contributed by atoms with Gasteiger partial charge in [0.25, 0.3) is 0 Å². The third kappa shape index (κ3) is 5.23. The summed E-state index contributed by atoms with van der Waals surface area (Å²) in [6.07, 6.45) is 3.24. The van der Waals surface area contributed by atoms with Crippen molar-refractivity contribution in [1.82, 2.24) is 19.8 Å². The van der Waals surface area contributed by atoms with Crippen molar-refractivity contribution in [3.05, 3.63) is 58.9 Å². The molecule has 1 unspecified atom stereocenters. The SMILES string of the molecule is Cc1c(C2c3[nH]c4ccccc4c3CCN2CCC(=O)O)ccnc1OCCN(C)CCCF. The summed E-state index contributed by atoms with van der Waals surface area (Å²) in [6, 6.07) is 10.2. The molecule has 2 N–H and O–H groups in total. The van der Waals surface area contributed by atoms with Gasteiger partial charge in [0, 0.05) is 54.5 Å². The summed E-state index contributed by atoms with van der Waals surface area (Å²) in [4.78, 5) is 23.7. The first kappa shape index (κ1) is 24.2. The Morgan fingerprint density at radius 3 is 2.94 bits per heavy atom.